The van der Waals surface area contributed by atoms with Gasteiger partial charge in [0, 0.05) is 17.5 Å². The monoisotopic (exact) mass is 399 g/mol. The lowest BCUT2D eigenvalue weighted by Gasteiger charge is -2.20. The van der Waals surface area contributed by atoms with Crippen molar-refractivity contribution in [3.8, 4) is 0 Å². The Morgan fingerprint density at radius 3 is 2.63 bits per heavy atom. The average molecular weight is 400 g/mol. The van der Waals surface area contributed by atoms with Crippen LogP contribution in [0.15, 0.2) is 72.0 Å². The topological polar surface area (TPSA) is 55.2 Å². The molecule has 2 aromatic heterocycles. The molecule has 0 aliphatic heterocycles. The summed E-state index contributed by atoms with van der Waals surface area (Å²) < 4.78 is 1.97. The first kappa shape index (κ1) is 19.1. The molecule has 1 aromatic carbocycles. The highest BCUT2D eigenvalue weighted by Crippen LogP contribution is 2.23. The van der Waals surface area contributed by atoms with Crippen molar-refractivity contribution < 1.29 is 4.79 Å². The smallest absolute Gasteiger partial charge is 0.274 e. The van der Waals surface area contributed by atoms with Gasteiger partial charge in [-0.15, -0.1) is 17.9 Å². The van der Waals surface area contributed by atoms with Crippen LogP contribution >= 0.6 is 22.9 Å². The van der Waals surface area contributed by atoms with Gasteiger partial charge in [-0.25, -0.2) is 4.68 Å². The van der Waals surface area contributed by atoms with Crippen molar-refractivity contribution in [2.45, 2.75) is 13.1 Å². The van der Waals surface area contributed by atoms with Gasteiger partial charge < -0.3 is 4.90 Å². The average Bonchev–Trinajstić information content (AvgIpc) is 3.08. The first-order valence-corrected chi connectivity index (χ1v) is 9.53. The molecule has 3 aromatic rings. The van der Waals surface area contributed by atoms with Gasteiger partial charge in [0.05, 0.1) is 17.4 Å². The van der Waals surface area contributed by atoms with Crippen LogP contribution in [0, 0.1) is 0 Å². The van der Waals surface area contributed by atoms with E-state index in [0.29, 0.717) is 24.0 Å². The third-order valence-corrected chi connectivity index (χ3v) is 5.09. The van der Waals surface area contributed by atoms with Gasteiger partial charge in [0.1, 0.15) is 5.69 Å². The van der Waals surface area contributed by atoms with Gasteiger partial charge in [-0.3, -0.25) is 9.59 Å². The van der Waals surface area contributed by atoms with E-state index in [1.54, 1.807) is 17.0 Å². The Balaban J connectivity index is 1.84. The van der Waals surface area contributed by atoms with Crippen molar-refractivity contribution in [2.75, 3.05) is 6.54 Å². The third-order valence-electron chi connectivity index (χ3n) is 3.87. The summed E-state index contributed by atoms with van der Waals surface area (Å²) in [7, 11) is 0. The number of hydrogen-bond acceptors (Lipinski definition) is 4. The zero-order chi connectivity index (χ0) is 19.2. The Labute approximate surface area is 166 Å². The molecule has 27 heavy (non-hydrogen) atoms. The first-order chi connectivity index (χ1) is 13.1. The summed E-state index contributed by atoms with van der Waals surface area (Å²) in [6.07, 6.45) is 1.66. The zero-order valence-corrected chi connectivity index (χ0v) is 16.1. The minimum Gasteiger partial charge on any atom is -0.328 e. The van der Waals surface area contributed by atoms with Gasteiger partial charge in [-0.2, -0.15) is 5.10 Å². The van der Waals surface area contributed by atoms with Crippen LogP contribution < -0.4 is 5.56 Å². The molecule has 0 spiro atoms. The van der Waals surface area contributed by atoms with Crippen LogP contribution in [0.5, 0.6) is 0 Å². The molecule has 0 aliphatic carbocycles. The lowest BCUT2D eigenvalue weighted by Crippen LogP contribution is -2.33. The van der Waals surface area contributed by atoms with Crippen LogP contribution in [0.1, 0.15) is 20.9 Å². The molecule has 0 saturated carbocycles. The van der Waals surface area contributed by atoms with Crippen LogP contribution in [0.2, 0.25) is 4.34 Å². The van der Waals surface area contributed by atoms with Crippen molar-refractivity contribution in [2.24, 2.45) is 0 Å². The van der Waals surface area contributed by atoms with Gasteiger partial charge >= 0.3 is 0 Å². The van der Waals surface area contributed by atoms with E-state index in [-0.39, 0.29) is 17.2 Å². The number of thiophene rings is 1. The van der Waals surface area contributed by atoms with Gasteiger partial charge in [0.25, 0.3) is 11.5 Å². The molecular weight excluding hydrogens is 382 g/mol. The molecule has 0 atom stereocenters. The van der Waals surface area contributed by atoms with E-state index in [1.165, 1.54) is 28.2 Å². The second-order valence-corrected chi connectivity index (χ2v) is 7.68. The summed E-state index contributed by atoms with van der Waals surface area (Å²) >= 11 is 7.40. The highest BCUT2D eigenvalue weighted by molar-refractivity contribution is 7.16. The Kier molecular flexibility index (Phi) is 6.21. The van der Waals surface area contributed by atoms with E-state index in [4.69, 9.17) is 11.6 Å². The van der Waals surface area contributed by atoms with E-state index in [1.807, 2.05) is 36.4 Å². The number of hydrogen-bond donors (Lipinski definition) is 0. The molecule has 0 radical (unpaired) electrons. The number of carbonyl (C=O) groups excluding carboxylic acids is 1. The number of nitrogens with zero attached hydrogens (tertiary/aromatic N) is 3. The molecule has 138 valence electrons. The number of amides is 1. The van der Waals surface area contributed by atoms with Crippen LogP contribution in [0.4, 0.5) is 0 Å². The Hall–Kier alpha value is -2.70. The second-order valence-electron chi connectivity index (χ2n) is 5.88. The molecule has 5 nitrogen and oxygen atoms in total. The largest absolute Gasteiger partial charge is 0.328 e. The standard InChI is InChI=1S/C20H18ClN3O2S/c1-2-12-23(14-16-8-10-18(21)27-16)20(26)17-9-11-19(25)24(22-17)13-15-6-4-3-5-7-15/h2-11H,1,12-14H2. The van der Waals surface area contributed by atoms with Crippen LogP contribution in [0.3, 0.4) is 0 Å². The molecule has 7 heteroatoms. The molecule has 0 N–H and O–H groups in total. The molecule has 1 amide bonds. The van der Waals surface area contributed by atoms with Gasteiger partial charge in [-0.05, 0) is 23.8 Å². The third kappa shape index (κ3) is 4.93. The number of carbonyl (C=O) groups is 1. The fraction of sp³-hybridized carbons (Fsp3) is 0.150. The fourth-order valence-corrected chi connectivity index (χ4v) is 3.70. The van der Waals surface area contributed by atoms with E-state index < -0.39 is 0 Å². The predicted octanol–water partition coefficient (Wildman–Crippen LogP) is 3.83. The molecule has 0 saturated heterocycles. The molecule has 0 fully saturated rings. The summed E-state index contributed by atoms with van der Waals surface area (Å²) in [5, 5.41) is 4.27. The molecule has 3 rings (SSSR count). The molecule has 0 bridgehead atoms. The van der Waals surface area contributed by atoms with E-state index in [9.17, 15) is 9.59 Å². The summed E-state index contributed by atoms with van der Waals surface area (Å²) in [4.78, 5) is 27.7. The second kappa shape index (κ2) is 8.79. The Bertz CT molecular complexity index is 998. The summed E-state index contributed by atoms with van der Waals surface area (Å²) in [5.41, 5.74) is 0.902. The summed E-state index contributed by atoms with van der Waals surface area (Å²) in [6, 6.07) is 16.0. The molecule has 0 aliphatic rings. The summed E-state index contributed by atoms with van der Waals surface area (Å²) in [6.45, 7) is 4.80. The van der Waals surface area contributed by atoms with Crippen molar-refractivity contribution in [3.63, 3.8) is 0 Å². The van der Waals surface area contributed by atoms with Crippen LogP contribution in [0.25, 0.3) is 0 Å². The minimum atomic E-state index is -0.263. The van der Waals surface area contributed by atoms with Crippen LogP contribution in [-0.2, 0) is 13.1 Å². The molecular formula is C20H18ClN3O2S. The maximum absolute atomic E-state index is 12.9. The summed E-state index contributed by atoms with van der Waals surface area (Å²) in [5.74, 6) is -0.263. The van der Waals surface area contributed by atoms with Crippen molar-refractivity contribution >= 4 is 28.8 Å². The normalized spacial score (nSPS) is 10.6. The van der Waals surface area contributed by atoms with Crippen molar-refractivity contribution in [1.29, 1.82) is 0 Å². The van der Waals surface area contributed by atoms with Crippen LogP contribution in [-0.4, -0.2) is 27.1 Å². The van der Waals surface area contributed by atoms with E-state index in [0.717, 1.165) is 10.4 Å². The quantitative estimate of drug-likeness (QED) is 0.567. The number of aromatic nitrogens is 2. The SMILES string of the molecule is C=CCN(Cc1ccc(Cl)s1)C(=O)c1ccc(=O)n(Cc2ccccc2)n1. The minimum absolute atomic E-state index is 0.218. The van der Waals surface area contributed by atoms with E-state index >= 15 is 0 Å². The van der Waals surface area contributed by atoms with Gasteiger partial charge in [0.2, 0.25) is 0 Å². The molecule has 2 heterocycles. The predicted molar refractivity (Wildman–Crippen MR) is 108 cm³/mol. The van der Waals surface area contributed by atoms with Crippen molar-refractivity contribution in [3.05, 3.63) is 98.1 Å². The van der Waals surface area contributed by atoms with Crippen molar-refractivity contribution in [1.82, 2.24) is 14.7 Å². The number of halogens is 1. The van der Waals surface area contributed by atoms with Gasteiger partial charge in [-0.1, -0.05) is 48.0 Å². The number of benzene rings is 1. The number of rotatable bonds is 7. The maximum Gasteiger partial charge on any atom is 0.274 e. The highest BCUT2D eigenvalue weighted by Gasteiger charge is 2.18. The Morgan fingerprint density at radius 2 is 1.96 bits per heavy atom. The van der Waals surface area contributed by atoms with E-state index in [2.05, 4.69) is 11.7 Å². The fourth-order valence-electron chi connectivity index (χ4n) is 2.59. The zero-order valence-electron chi connectivity index (χ0n) is 14.5. The Morgan fingerprint density at radius 1 is 1.19 bits per heavy atom. The lowest BCUT2D eigenvalue weighted by atomic mass is 10.2. The van der Waals surface area contributed by atoms with Gasteiger partial charge in [0.15, 0.2) is 0 Å². The highest BCUT2D eigenvalue weighted by atomic mass is 35.5. The molecule has 0 unspecified atom stereocenters. The lowest BCUT2D eigenvalue weighted by molar-refractivity contribution is 0.0755. The maximum atomic E-state index is 12.9. The first-order valence-electron chi connectivity index (χ1n) is 8.33.